The molecule has 2 atom stereocenters. The van der Waals surface area contributed by atoms with Gasteiger partial charge >= 0.3 is 5.69 Å². The van der Waals surface area contributed by atoms with Crippen LogP contribution in [0.3, 0.4) is 0 Å². The molecule has 0 radical (unpaired) electrons. The van der Waals surface area contributed by atoms with E-state index in [0.29, 0.717) is 34.7 Å². The van der Waals surface area contributed by atoms with Crippen LogP contribution in [0.5, 0.6) is 0 Å². The fraction of sp³-hybridized carbons (Fsp3) is 0.533. The lowest BCUT2D eigenvalue weighted by atomic mass is 9.85. The van der Waals surface area contributed by atoms with Crippen LogP contribution >= 0.6 is 0 Å². The summed E-state index contributed by atoms with van der Waals surface area (Å²) in [5.41, 5.74) is 1.91. The van der Waals surface area contributed by atoms with E-state index >= 15 is 0 Å². The molecule has 5 fully saturated rings. The van der Waals surface area contributed by atoms with Gasteiger partial charge in [-0.1, -0.05) is 17.9 Å². The van der Waals surface area contributed by atoms with Crippen molar-refractivity contribution in [3.63, 3.8) is 0 Å². The molecule has 8 heterocycles. The maximum Gasteiger partial charge on any atom is 0.329 e. The Balaban J connectivity index is 0.716. The minimum Gasteiger partial charge on any atom is -0.381 e. The van der Waals surface area contributed by atoms with Gasteiger partial charge in [-0.3, -0.25) is 38.4 Å². The lowest BCUT2D eigenvalue weighted by molar-refractivity contribution is -0.135. The van der Waals surface area contributed by atoms with Crippen molar-refractivity contribution in [2.24, 2.45) is 18.4 Å². The topological polar surface area (TPSA) is 169 Å². The highest BCUT2D eigenvalue weighted by molar-refractivity contribution is 6.08. The molecular formula is C45H52F2N12O5. The molecule has 1 spiro atoms. The molecule has 3 amide bonds. The van der Waals surface area contributed by atoms with Crippen molar-refractivity contribution in [1.82, 2.24) is 48.6 Å². The first-order valence-electron chi connectivity index (χ1n) is 22.4. The fourth-order valence-electron chi connectivity index (χ4n) is 10.4. The standard InChI is InChI=1S/C45H52F2N12O5/c1-53-39-30(4-2-6-34(39)59(44(53)63)35-11-12-37(60)51-43(35)62)5-3-16-54-19-21-55(22-20-54)25-29-7-9-31(10-8-29)58-26-33(38(52-58)40(46)47)49-42(61)32-24-48-57-17-13-36(50-41(32)57)56-18-14-45(27-56)15-23-64-28-45/h2,4,6,13,17,24,26,29,31,35,40H,7-12,14-16,18-23,25,27-28H2,1H3,(H,49,61)(H,51,60,62)/t29-,31-,35?,45-/m1/s1. The van der Waals surface area contributed by atoms with Crippen molar-refractivity contribution in [3.05, 3.63) is 70.2 Å². The van der Waals surface area contributed by atoms with Crippen LogP contribution in [0, 0.1) is 23.2 Å². The number of alkyl halides is 2. The number of benzene rings is 1. The smallest absolute Gasteiger partial charge is 0.329 e. The lowest BCUT2D eigenvalue weighted by Gasteiger charge is -2.37. The number of rotatable bonds is 9. The van der Waals surface area contributed by atoms with Gasteiger partial charge in [0.15, 0.2) is 11.3 Å². The number of piperazine rings is 1. The highest BCUT2D eigenvalue weighted by Gasteiger charge is 2.42. The van der Waals surface area contributed by atoms with Gasteiger partial charge in [-0.2, -0.15) is 10.2 Å². The monoisotopic (exact) mass is 878 g/mol. The van der Waals surface area contributed by atoms with Crippen LogP contribution in [0.2, 0.25) is 0 Å². The number of anilines is 2. The molecule has 64 heavy (non-hydrogen) atoms. The van der Waals surface area contributed by atoms with E-state index in [2.05, 4.69) is 47.4 Å². The van der Waals surface area contributed by atoms with Gasteiger partial charge in [-0.05, 0) is 69.1 Å². The first kappa shape index (κ1) is 42.0. The molecule has 17 nitrogen and oxygen atoms in total. The van der Waals surface area contributed by atoms with Crippen molar-refractivity contribution in [1.29, 1.82) is 0 Å². The third-order valence-corrected chi connectivity index (χ3v) is 14.1. The van der Waals surface area contributed by atoms with Crippen molar-refractivity contribution in [3.8, 4) is 11.8 Å². The molecule has 4 aliphatic heterocycles. The van der Waals surface area contributed by atoms with E-state index in [1.807, 2.05) is 24.3 Å². The van der Waals surface area contributed by atoms with Crippen molar-refractivity contribution in [2.75, 3.05) is 75.8 Å². The Hall–Kier alpha value is -5.97. The quantitative estimate of drug-likeness (QED) is 0.163. The van der Waals surface area contributed by atoms with Crippen LogP contribution in [0.4, 0.5) is 20.3 Å². The summed E-state index contributed by atoms with van der Waals surface area (Å²) in [6, 6.07) is 6.61. The van der Waals surface area contributed by atoms with Gasteiger partial charge in [-0.15, -0.1) is 0 Å². The largest absolute Gasteiger partial charge is 0.381 e. The number of hydrogen-bond donors (Lipinski definition) is 2. The van der Waals surface area contributed by atoms with Gasteiger partial charge in [-0.25, -0.2) is 23.1 Å². The molecular weight excluding hydrogens is 827 g/mol. The summed E-state index contributed by atoms with van der Waals surface area (Å²) >= 11 is 0. The van der Waals surface area contributed by atoms with Crippen molar-refractivity contribution >= 4 is 45.9 Å². The summed E-state index contributed by atoms with van der Waals surface area (Å²) in [7, 11) is 1.68. The fourth-order valence-corrected chi connectivity index (χ4v) is 10.4. The number of amides is 3. The molecule has 1 unspecified atom stereocenters. The third kappa shape index (κ3) is 8.07. The van der Waals surface area contributed by atoms with Gasteiger partial charge in [0.1, 0.15) is 17.4 Å². The predicted octanol–water partition coefficient (Wildman–Crippen LogP) is 3.76. The first-order valence-corrected chi connectivity index (χ1v) is 22.4. The Morgan fingerprint density at radius 1 is 1.03 bits per heavy atom. The molecule has 5 aliphatic rings. The van der Waals surface area contributed by atoms with Crippen molar-refractivity contribution < 1.29 is 27.9 Å². The maximum absolute atomic E-state index is 14.3. The van der Waals surface area contributed by atoms with E-state index in [0.717, 1.165) is 103 Å². The second kappa shape index (κ2) is 17.2. The first-order chi connectivity index (χ1) is 31.0. The SMILES string of the molecule is Cn1c(=O)n(C2CCC(=O)NC2=O)c2cccc(C#CCN3CCN(C[C@H]4CC[C@H](n5cc(NC(=O)c6cnn7ccc(N8CC[C@@]9(CCOC9)C8)nc67)c(C(F)F)n5)CC4)CC3)c21. The summed E-state index contributed by atoms with van der Waals surface area (Å²) in [5, 5.41) is 13.7. The van der Waals surface area contributed by atoms with Crippen LogP contribution in [0.25, 0.3) is 16.7 Å². The maximum atomic E-state index is 14.3. The van der Waals surface area contributed by atoms with Crippen molar-refractivity contribution in [2.45, 2.75) is 69.9 Å². The zero-order chi connectivity index (χ0) is 44.1. The van der Waals surface area contributed by atoms with Crippen LogP contribution in [0.15, 0.2) is 47.7 Å². The Morgan fingerprint density at radius 3 is 2.61 bits per heavy atom. The number of halogens is 2. The summed E-state index contributed by atoms with van der Waals surface area (Å²) in [4.78, 5) is 63.1. The molecule has 0 bridgehead atoms. The highest BCUT2D eigenvalue weighted by atomic mass is 19.3. The predicted molar refractivity (Wildman–Crippen MR) is 232 cm³/mol. The second-order valence-electron chi connectivity index (χ2n) is 18.2. The molecule has 10 rings (SSSR count). The number of fused-ring (bicyclic) bond motifs is 2. The normalized spacial score (nSPS) is 24.6. The van der Waals surface area contributed by atoms with E-state index in [-0.39, 0.29) is 47.1 Å². The van der Waals surface area contributed by atoms with Gasteiger partial charge in [0.05, 0.1) is 47.7 Å². The van der Waals surface area contributed by atoms with E-state index in [9.17, 15) is 28.0 Å². The number of carbonyl (C=O) groups is 3. The minimum absolute atomic E-state index is 0.00514. The molecule has 4 aromatic heterocycles. The number of imide groups is 1. The number of hydrogen-bond acceptors (Lipinski definition) is 11. The van der Waals surface area contributed by atoms with Crippen LogP contribution in [-0.4, -0.2) is 127 Å². The Labute approximate surface area is 367 Å². The summed E-state index contributed by atoms with van der Waals surface area (Å²) < 4.78 is 40.5. The molecule has 19 heteroatoms. The van der Waals surface area contributed by atoms with Gasteiger partial charge in [0.2, 0.25) is 11.8 Å². The summed E-state index contributed by atoms with van der Waals surface area (Å²) in [6.07, 6.45) is 7.87. The van der Waals surface area contributed by atoms with Gasteiger partial charge in [0, 0.05) is 83.7 Å². The zero-order valence-electron chi connectivity index (χ0n) is 35.8. The Kier molecular flexibility index (Phi) is 11.3. The number of nitrogens with one attached hydrogen (secondary N) is 2. The van der Waals surface area contributed by atoms with E-state index < -0.39 is 30.0 Å². The number of ether oxygens (including phenoxy) is 1. The average molecular weight is 879 g/mol. The molecule has 5 aromatic rings. The number of aryl methyl sites for hydroxylation is 1. The second-order valence-corrected chi connectivity index (χ2v) is 18.2. The third-order valence-electron chi connectivity index (χ3n) is 14.1. The lowest BCUT2D eigenvalue weighted by Crippen LogP contribution is -2.48. The Bertz CT molecular complexity index is 2720. The number of piperidine rings is 1. The molecule has 1 aliphatic carbocycles. The number of nitrogens with zero attached hydrogens (tertiary/aromatic N) is 10. The summed E-state index contributed by atoms with van der Waals surface area (Å²) in [6.45, 7) is 8.32. The van der Waals surface area contributed by atoms with E-state index in [1.54, 1.807) is 24.1 Å². The molecule has 4 saturated heterocycles. The molecule has 2 N–H and O–H groups in total. The van der Waals surface area contributed by atoms with Crippen LogP contribution < -0.4 is 21.2 Å². The van der Waals surface area contributed by atoms with Crippen LogP contribution in [-0.2, 0) is 21.4 Å². The Morgan fingerprint density at radius 2 is 1.84 bits per heavy atom. The molecule has 1 saturated carbocycles. The summed E-state index contributed by atoms with van der Waals surface area (Å²) in [5.74, 6) is 6.44. The average Bonchev–Trinajstić information content (AvgIpc) is 4.15. The number of aromatic nitrogens is 7. The van der Waals surface area contributed by atoms with Gasteiger partial charge < -0.3 is 19.9 Å². The number of imidazole rings is 1. The number of para-hydroxylation sites is 1. The zero-order valence-corrected chi connectivity index (χ0v) is 35.8. The van der Waals surface area contributed by atoms with Gasteiger partial charge in [0.25, 0.3) is 12.3 Å². The highest BCUT2D eigenvalue weighted by Crippen LogP contribution is 2.40. The van der Waals surface area contributed by atoms with E-state index in [4.69, 9.17) is 9.72 Å². The minimum atomic E-state index is -2.86. The molecule has 1 aromatic carbocycles. The van der Waals surface area contributed by atoms with E-state index in [1.165, 1.54) is 19.8 Å². The molecule has 336 valence electrons. The number of carbonyl (C=O) groups excluding carboxylic acids is 3. The van der Waals surface area contributed by atoms with Crippen LogP contribution in [0.1, 0.15) is 91.5 Å².